The van der Waals surface area contributed by atoms with Gasteiger partial charge in [-0.05, 0) is 29.8 Å². The number of hydrogen-bond acceptors (Lipinski definition) is 5. The normalized spacial score (nSPS) is 18.4. The molecule has 1 aromatic heterocycles. The van der Waals surface area contributed by atoms with Crippen molar-refractivity contribution in [1.82, 2.24) is 4.98 Å². The lowest BCUT2D eigenvalue weighted by Gasteiger charge is -2.20. The number of benzene rings is 1. The zero-order valence-corrected chi connectivity index (χ0v) is 16.8. The summed E-state index contributed by atoms with van der Waals surface area (Å²) in [5.41, 5.74) is 7.26. The van der Waals surface area contributed by atoms with Gasteiger partial charge in [-0.2, -0.15) is 0 Å². The van der Waals surface area contributed by atoms with Crippen LogP contribution in [-0.2, 0) is 4.74 Å². The second-order valence-corrected chi connectivity index (χ2v) is 6.48. The van der Waals surface area contributed by atoms with Gasteiger partial charge in [-0.1, -0.05) is 29.3 Å². The molecule has 3 rings (SSSR count). The van der Waals surface area contributed by atoms with Crippen molar-refractivity contribution in [1.29, 1.82) is 0 Å². The summed E-state index contributed by atoms with van der Waals surface area (Å²) >= 11 is 11.9. The van der Waals surface area contributed by atoms with E-state index in [1.807, 2.05) is 0 Å². The third-order valence-electron chi connectivity index (χ3n) is 3.92. The SMILES string of the molecule is Cl.Cl.N[C@H](c1ccc(Cl)c(Cl)c1)[C@H](O)c1ccc(OC2CCOC2)cn1. The average Bonchev–Trinajstić information content (AvgIpc) is 3.10. The van der Waals surface area contributed by atoms with Crippen LogP contribution in [0.4, 0.5) is 0 Å². The summed E-state index contributed by atoms with van der Waals surface area (Å²) in [6, 6.07) is 7.84. The van der Waals surface area contributed by atoms with Crippen LogP contribution >= 0.6 is 48.0 Å². The van der Waals surface area contributed by atoms with Crippen LogP contribution in [-0.4, -0.2) is 29.4 Å². The number of ether oxygens (including phenoxy) is 2. The molecule has 5 nitrogen and oxygen atoms in total. The molecule has 1 unspecified atom stereocenters. The van der Waals surface area contributed by atoms with Crippen LogP contribution in [0.25, 0.3) is 0 Å². The van der Waals surface area contributed by atoms with Crippen molar-refractivity contribution in [3.8, 4) is 5.75 Å². The van der Waals surface area contributed by atoms with E-state index >= 15 is 0 Å². The number of nitrogens with zero attached hydrogens (tertiary/aromatic N) is 1. The first kappa shape index (κ1) is 23.2. The third-order valence-corrected chi connectivity index (χ3v) is 4.66. The van der Waals surface area contributed by atoms with Gasteiger partial charge in [0.15, 0.2) is 0 Å². The third kappa shape index (κ3) is 5.60. The fraction of sp³-hybridized carbons (Fsp3) is 0.353. The van der Waals surface area contributed by atoms with Crippen LogP contribution in [0.15, 0.2) is 36.5 Å². The van der Waals surface area contributed by atoms with Crippen LogP contribution in [0, 0.1) is 0 Å². The summed E-state index contributed by atoms with van der Waals surface area (Å²) in [7, 11) is 0. The Hall–Kier alpha value is -0.790. The highest BCUT2D eigenvalue weighted by atomic mass is 35.5. The van der Waals surface area contributed by atoms with Gasteiger partial charge in [0, 0.05) is 6.42 Å². The maximum absolute atomic E-state index is 10.5. The van der Waals surface area contributed by atoms with Crippen molar-refractivity contribution < 1.29 is 14.6 Å². The predicted molar refractivity (Wildman–Crippen MR) is 107 cm³/mol. The molecule has 0 spiro atoms. The van der Waals surface area contributed by atoms with E-state index in [4.69, 9.17) is 38.4 Å². The Morgan fingerprint density at radius 1 is 1.19 bits per heavy atom. The van der Waals surface area contributed by atoms with Crippen LogP contribution < -0.4 is 10.5 Å². The number of hydrogen-bond donors (Lipinski definition) is 2. The Kier molecular flexibility index (Phi) is 9.41. The number of pyridine rings is 1. The minimum absolute atomic E-state index is 0. The molecule has 1 aromatic carbocycles. The van der Waals surface area contributed by atoms with E-state index in [0.29, 0.717) is 40.3 Å². The zero-order valence-electron chi connectivity index (χ0n) is 13.7. The summed E-state index contributed by atoms with van der Waals surface area (Å²) in [6.07, 6.45) is 1.54. The molecule has 2 aromatic rings. The Morgan fingerprint density at radius 3 is 2.54 bits per heavy atom. The van der Waals surface area contributed by atoms with Crippen LogP contribution in [0.2, 0.25) is 10.0 Å². The summed E-state index contributed by atoms with van der Waals surface area (Å²) in [5.74, 6) is 0.643. The molecule has 1 aliphatic rings. The topological polar surface area (TPSA) is 77.6 Å². The van der Waals surface area contributed by atoms with E-state index in [2.05, 4.69) is 4.98 Å². The minimum Gasteiger partial charge on any atom is -0.486 e. The first-order valence-corrected chi connectivity index (χ1v) is 8.39. The number of aliphatic hydroxyl groups excluding tert-OH is 1. The predicted octanol–water partition coefficient (Wildman–Crippen LogP) is 4.13. The number of rotatable bonds is 5. The molecule has 0 amide bonds. The van der Waals surface area contributed by atoms with Crippen LogP contribution in [0.5, 0.6) is 5.75 Å². The standard InChI is InChI=1S/C17H18Cl2N2O3.2ClH/c18-13-3-1-10(7-14(13)19)16(20)17(22)15-4-2-11(8-21-15)24-12-5-6-23-9-12;;/h1-4,7-8,12,16-17,22H,5-6,9,20H2;2*1H/t12?,16-,17-;;/m1../s1. The highest BCUT2D eigenvalue weighted by Crippen LogP contribution is 2.30. The molecular weight excluding hydrogens is 422 g/mol. The van der Waals surface area contributed by atoms with Crippen LogP contribution in [0.3, 0.4) is 0 Å². The van der Waals surface area contributed by atoms with Gasteiger partial charge in [0.05, 0.1) is 41.2 Å². The van der Waals surface area contributed by atoms with Gasteiger partial charge >= 0.3 is 0 Å². The van der Waals surface area contributed by atoms with Crippen molar-refractivity contribution >= 4 is 48.0 Å². The molecule has 0 radical (unpaired) electrons. The monoisotopic (exact) mass is 440 g/mol. The molecule has 26 heavy (non-hydrogen) atoms. The lowest BCUT2D eigenvalue weighted by molar-refractivity contribution is 0.137. The van der Waals surface area contributed by atoms with Crippen molar-refractivity contribution in [2.75, 3.05) is 13.2 Å². The molecule has 1 aliphatic heterocycles. The molecule has 3 atom stereocenters. The second-order valence-electron chi connectivity index (χ2n) is 5.67. The van der Waals surface area contributed by atoms with E-state index in [9.17, 15) is 5.11 Å². The van der Waals surface area contributed by atoms with E-state index in [0.717, 1.165) is 6.42 Å². The first-order chi connectivity index (χ1) is 11.5. The average molecular weight is 442 g/mol. The van der Waals surface area contributed by atoms with Gasteiger partial charge in [0.2, 0.25) is 0 Å². The van der Waals surface area contributed by atoms with Crippen molar-refractivity contribution in [3.63, 3.8) is 0 Å². The smallest absolute Gasteiger partial charge is 0.138 e. The Morgan fingerprint density at radius 2 is 1.96 bits per heavy atom. The molecule has 9 heteroatoms. The van der Waals surface area contributed by atoms with Crippen molar-refractivity contribution in [2.45, 2.75) is 24.7 Å². The lowest BCUT2D eigenvalue weighted by Crippen LogP contribution is -2.20. The molecule has 2 heterocycles. The number of halogens is 4. The highest BCUT2D eigenvalue weighted by molar-refractivity contribution is 6.42. The van der Waals surface area contributed by atoms with Gasteiger partial charge in [-0.25, -0.2) is 0 Å². The highest BCUT2D eigenvalue weighted by Gasteiger charge is 2.22. The second kappa shape index (κ2) is 10.5. The minimum atomic E-state index is -0.967. The summed E-state index contributed by atoms with van der Waals surface area (Å²) < 4.78 is 11.0. The maximum Gasteiger partial charge on any atom is 0.138 e. The fourth-order valence-electron chi connectivity index (χ4n) is 2.52. The first-order valence-electron chi connectivity index (χ1n) is 7.63. The lowest BCUT2D eigenvalue weighted by atomic mass is 10.00. The summed E-state index contributed by atoms with van der Waals surface area (Å²) in [5, 5.41) is 11.3. The fourth-order valence-corrected chi connectivity index (χ4v) is 2.83. The summed E-state index contributed by atoms with van der Waals surface area (Å²) in [6.45, 7) is 1.31. The molecule has 3 N–H and O–H groups in total. The van der Waals surface area contributed by atoms with Crippen molar-refractivity contribution in [2.24, 2.45) is 5.73 Å². The largest absolute Gasteiger partial charge is 0.486 e. The van der Waals surface area contributed by atoms with Crippen molar-refractivity contribution in [3.05, 3.63) is 57.8 Å². The molecule has 0 aliphatic carbocycles. The van der Waals surface area contributed by atoms with E-state index < -0.39 is 12.1 Å². The van der Waals surface area contributed by atoms with E-state index in [1.165, 1.54) is 0 Å². The molecular formula is C17H20Cl4N2O3. The van der Waals surface area contributed by atoms with E-state index in [1.54, 1.807) is 36.5 Å². The molecule has 1 saturated heterocycles. The van der Waals surface area contributed by atoms with Gasteiger partial charge in [0.1, 0.15) is 18.0 Å². The Bertz CT molecular complexity index is 697. The van der Waals surface area contributed by atoms with Crippen LogP contribution in [0.1, 0.15) is 29.8 Å². The van der Waals surface area contributed by atoms with Gasteiger partial charge in [-0.3, -0.25) is 4.98 Å². The number of aliphatic hydroxyl groups is 1. The van der Waals surface area contributed by atoms with Gasteiger partial charge in [-0.15, -0.1) is 24.8 Å². The number of aromatic nitrogens is 1. The molecule has 144 valence electrons. The summed E-state index contributed by atoms with van der Waals surface area (Å²) in [4.78, 5) is 4.25. The Balaban J connectivity index is 0.00000169. The number of nitrogens with two attached hydrogens (primary N) is 1. The quantitative estimate of drug-likeness (QED) is 0.729. The molecule has 0 bridgehead atoms. The Labute approximate surface area is 174 Å². The van der Waals surface area contributed by atoms with E-state index in [-0.39, 0.29) is 30.9 Å². The molecule has 0 saturated carbocycles. The van der Waals surface area contributed by atoms with Gasteiger partial charge < -0.3 is 20.3 Å². The maximum atomic E-state index is 10.5. The molecule has 1 fully saturated rings. The zero-order chi connectivity index (χ0) is 17.1. The van der Waals surface area contributed by atoms with Gasteiger partial charge in [0.25, 0.3) is 0 Å².